The Bertz CT molecular complexity index is 1130. The maximum atomic E-state index is 13.2. The first-order valence-electron chi connectivity index (χ1n) is 12.0. The van der Waals surface area contributed by atoms with E-state index in [1.165, 1.54) is 5.56 Å². The van der Waals surface area contributed by atoms with Crippen LogP contribution in [0.2, 0.25) is 0 Å². The van der Waals surface area contributed by atoms with Crippen molar-refractivity contribution in [1.29, 1.82) is 0 Å². The summed E-state index contributed by atoms with van der Waals surface area (Å²) < 4.78 is 9.18. The van der Waals surface area contributed by atoms with Gasteiger partial charge < -0.3 is 25.3 Å². The van der Waals surface area contributed by atoms with Crippen molar-refractivity contribution in [2.75, 3.05) is 24.8 Å². The average Bonchev–Trinajstić information content (AvgIpc) is 3.41. The molecular weight excluding hydrogens is 448 g/mol. The van der Waals surface area contributed by atoms with E-state index in [1.54, 1.807) is 11.3 Å². The third kappa shape index (κ3) is 5.62. The monoisotopic (exact) mass is 482 g/mol. The Morgan fingerprint density at radius 1 is 1.21 bits per heavy atom. The fraction of sp³-hybridized carbons (Fsp3) is 0.462. The van der Waals surface area contributed by atoms with Crippen molar-refractivity contribution in [2.45, 2.75) is 52.1 Å². The molecule has 0 radical (unpaired) electrons. The number of primary amides is 1. The van der Waals surface area contributed by atoms with Crippen LogP contribution in [0.3, 0.4) is 0 Å². The molecule has 0 aliphatic heterocycles. The average molecular weight is 483 g/mol. The molecule has 3 N–H and O–H groups in total. The number of nitrogens with two attached hydrogens (primary N) is 1. The van der Waals surface area contributed by atoms with Crippen molar-refractivity contribution in [3.63, 3.8) is 0 Å². The molecule has 8 heteroatoms. The highest BCUT2D eigenvalue weighted by Gasteiger charge is 2.27. The molecular formula is C26H34N4O3S. The number of ether oxygens (including phenoxy) is 1. The van der Waals surface area contributed by atoms with Crippen LogP contribution in [0.5, 0.6) is 0 Å². The first-order valence-corrected chi connectivity index (χ1v) is 12.9. The molecule has 0 atom stereocenters. The van der Waals surface area contributed by atoms with Gasteiger partial charge in [0.15, 0.2) is 0 Å². The van der Waals surface area contributed by atoms with E-state index in [9.17, 15) is 9.59 Å². The van der Waals surface area contributed by atoms with E-state index in [2.05, 4.69) is 59.0 Å². The highest BCUT2D eigenvalue weighted by atomic mass is 32.1. The van der Waals surface area contributed by atoms with E-state index in [0.29, 0.717) is 25.6 Å². The first kappa shape index (κ1) is 24.3. The summed E-state index contributed by atoms with van der Waals surface area (Å²) in [6, 6.07) is 12.5. The van der Waals surface area contributed by atoms with Crippen molar-refractivity contribution in [3.8, 4) is 0 Å². The standard InChI is InChI=1S/C26H34N4O3S/c1-3-29(21-6-4-5-18(2)15-21)17-33-13-12-30-22-11-14-34-24(22)16-23(30)26(32)28-20-9-7-19(8-10-20)25(27)31/h4-6,11,14-16,19-20H,3,7-10,12-13,17H2,1-2H3,(H2,27,31)(H,28,32). The largest absolute Gasteiger partial charge is 0.369 e. The number of hydrogen-bond acceptors (Lipinski definition) is 5. The molecule has 1 fully saturated rings. The number of benzene rings is 1. The lowest BCUT2D eigenvalue weighted by Gasteiger charge is -2.27. The fourth-order valence-electron chi connectivity index (χ4n) is 4.69. The zero-order chi connectivity index (χ0) is 24.1. The quantitative estimate of drug-likeness (QED) is 0.333. The van der Waals surface area contributed by atoms with Gasteiger partial charge in [0, 0.05) is 30.7 Å². The van der Waals surface area contributed by atoms with Gasteiger partial charge in [0.05, 0.1) is 16.8 Å². The van der Waals surface area contributed by atoms with Crippen LogP contribution in [-0.2, 0) is 16.1 Å². The Hall–Kier alpha value is -2.84. The van der Waals surface area contributed by atoms with E-state index in [4.69, 9.17) is 10.5 Å². The maximum Gasteiger partial charge on any atom is 0.268 e. The number of aryl methyl sites for hydroxylation is 1. The van der Waals surface area contributed by atoms with Crippen LogP contribution in [0, 0.1) is 12.8 Å². The Morgan fingerprint density at radius 3 is 2.71 bits per heavy atom. The topological polar surface area (TPSA) is 89.6 Å². The van der Waals surface area contributed by atoms with Crippen LogP contribution in [-0.4, -0.2) is 42.3 Å². The summed E-state index contributed by atoms with van der Waals surface area (Å²) >= 11 is 1.63. The minimum atomic E-state index is -0.233. The van der Waals surface area contributed by atoms with Gasteiger partial charge in [-0.05, 0) is 74.7 Å². The van der Waals surface area contributed by atoms with Crippen molar-refractivity contribution >= 4 is 39.1 Å². The Morgan fingerprint density at radius 2 is 2.00 bits per heavy atom. The van der Waals surface area contributed by atoms with Gasteiger partial charge in [-0.25, -0.2) is 0 Å². The van der Waals surface area contributed by atoms with Crippen molar-refractivity contribution in [3.05, 3.63) is 53.0 Å². The zero-order valence-electron chi connectivity index (χ0n) is 20.0. The van der Waals surface area contributed by atoms with Gasteiger partial charge in [-0.1, -0.05) is 12.1 Å². The minimum Gasteiger partial charge on any atom is -0.369 e. The highest BCUT2D eigenvalue weighted by molar-refractivity contribution is 7.17. The number of rotatable bonds is 10. The van der Waals surface area contributed by atoms with Crippen LogP contribution < -0.4 is 16.0 Å². The highest BCUT2D eigenvalue weighted by Crippen LogP contribution is 2.27. The molecule has 182 valence electrons. The molecule has 0 saturated heterocycles. The first-order chi connectivity index (χ1) is 16.5. The van der Waals surface area contributed by atoms with E-state index in [0.717, 1.165) is 48.1 Å². The van der Waals surface area contributed by atoms with Gasteiger partial charge in [0.1, 0.15) is 12.4 Å². The molecule has 1 aliphatic carbocycles. The minimum absolute atomic E-state index is 0.0676. The van der Waals surface area contributed by atoms with E-state index < -0.39 is 0 Å². The molecule has 0 spiro atoms. The summed E-state index contributed by atoms with van der Waals surface area (Å²) in [5.41, 5.74) is 9.53. The van der Waals surface area contributed by atoms with Gasteiger partial charge >= 0.3 is 0 Å². The number of thiophene rings is 1. The molecule has 2 heterocycles. The number of anilines is 1. The Kier molecular flexibility index (Phi) is 7.90. The molecule has 2 amide bonds. The lowest BCUT2D eigenvalue weighted by atomic mass is 9.85. The van der Waals surface area contributed by atoms with E-state index in [1.807, 2.05) is 11.4 Å². The number of nitrogens with one attached hydrogen (secondary N) is 1. The zero-order valence-corrected chi connectivity index (χ0v) is 20.8. The van der Waals surface area contributed by atoms with Crippen molar-refractivity contribution in [2.24, 2.45) is 11.7 Å². The third-order valence-corrected chi connectivity index (χ3v) is 7.53. The van der Waals surface area contributed by atoms with Crippen LogP contribution in [0.25, 0.3) is 10.2 Å². The van der Waals surface area contributed by atoms with E-state index >= 15 is 0 Å². The van der Waals surface area contributed by atoms with Gasteiger partial charge in [-0.3, -0.25) is 9.59 Å². The van der Waals surface area contributed by atoms with Crippen LogP contribution in [0.15, 0.2) is 41.8 Å². The van der Waals surface area contributed by atoms with Gasteiger partial charge in [-0.2, -0.15) is 0 Å². The lowest BCUT2D eigenvalue weighted by molar-refractivity contribution is -0.122. The van der Waals surface area contributed by atoms with Gasteiger partial charge in [-0.15, -0.1) is 11.3 Å². The smallest absolute Gasteiger partial charge is 0.268 e. The second kappa shape index (κ2) is 11.1. The summed E-state index contributed by atoms with van der Waals surface area (Å²) in [7, 11) is 0. The number of aromatic nitrogens is 1. The number of carbonyl (C=O) groups excluding carboxylic acids is 2. The summed E-state index contributed by atoms with van der Waals surface area (Å²) in [6.07, 6.45) is 3.03. The molecule has 3 aromatic rings. The Balaban J connectivity index is 1.36. The Labute approximate surface area is 204 Å². The maximum absolute atomic E-state index is 13.2. The summed E-state index contributed by atoms with van der Waals surface area (Å²) in [4.78, 5) is 26.8. The van der Waals surface area contributed by atoms with Crippen molar-refractivity contribution < 1.29 is 14.3 Å². The number of fused-ring (bicyclic) bond motifs is 1. The molecule has 1 saturated carbocycles. The number of nitrogens with zero attached hydrogens (tertiary/aromatic N) is 2. The molecule has 1 aliphatic rings. The second-order valence-electron chi connectivity index (χ2n) is 9.01. The predicted molar refractivity (Wildman–Crippen MR) is 137 cm³/mol. The van der Waals surface area contributed by atoms with Crippen LogP contribution in [0.1, 0.15) is 48.7 Å². The van der Waals surface area contributed by atoms with Crippen LogP contribution >= 0.6 is 11.3 Å². The van der Waals surface area contributed by atoms with Crippen LogP contribution in [0.4, 0.5) is 5.69 Å². The molecule has 7 nitrogen and oxygen atoms in total. The third-order valence-electron chi connectivity index (χ3n) is 6.68. The number of amides is 2. The summed E-state index contributed by atoms with van der Waals surface area (Å²) in [5.74, 6) is -0.370. The molecule has 34 heavy (non-hydrogen) atoms. The number of carbonyl (C=O) groups is 2. The molecule has 0 unspecified atom stereocenters. The van der Waals surface area contributed by atoms with Gasteiger partial charge in [0.2, 0.25) is 5.91 Å². The molecule has 0 bridgehead atoms. The molecule has 4 rings (SSSR count). The van der Waals surface area contributed by atoms with Crippen molar-refractivity contribution in [1.82, 2.24) is 9.88 Å². The lowest BCUT2D eigenvalue weighted by Crippen LogP contribution is -2.40. The summed E-state index contributed by atoms with van der Waals surface area (Å²) in [6.45, 7) is 6.67. The van der Waals surface area contributed by atoms with E-state index in [-0.39, 0.29) is 23.8 Å². The number of hydrogen-bond donors (Lipinski definition) is 2. The second-order valence-corrected chi connectivity index (χ2v) is 9.96. The predicted octanol–water partition coefficient (Wildman–Crippen LogP) is 4.29. The molecule has 1 aromatic carbocycles. The SMILES string of the molecule is CCN(COCCn1c(C(=O)NC2CCC(C(N)=O)CC2)cc2sccc21)c1cccc(C)c1. The fourth-order valence-corrected chi connectivity index (χ4v) is 5.51. The van der Waals surface area contributed by atoms with Gasteiger partial charge in [0.25, 0.3) is 5.91 Å². The summed E-state index contributed by atoms with van der Waals surface area (Å²) in [5, 5.41) is 5.22. The molecule has 2 aromatic heterocycles. The normalized spacial score (nSPS) is 18.2.